The van der Waals surface area contributed by atoms with Crippen LogP contribution in [-0.2, 0) is 0 Å². The molecule has 0 bridgehead atoms. The minimum absolute atomic E-state index is 0.460. The number of nitriles is 1. The highest BCUT2D eigenvalue weighted by atomic mass is 15.5. The zero-order chi connectivity index (χ0) is 9.84. The van der Waals surface area contributed by atoms with E-state index < -0.39 is 0 Å². The van der Waals surface area contributed by atoms with Crippen LogP contribution >= 0.6 is 0 Å². The Morgan fingerprint density at radius 2 is 2.31 bits per heavy atom. The third-order valence-corrected chi connectivity index (χ3v) is 1.38. The summed E-state index contributed by atoms with van der Waals surface area (Å²) in [5.41, 5.74) is 9.48. The summed E-state index contributed by atoms with van der Waals surface area (Å²) >= 11 is 0. The Balaban J connectivity index is 2.93. The second-order valence-corrected chi connectivity index (χ2v) is 2.78. The van der Waals surface area contributed by atoms with Crippen LogP contribution in [0.15, 0.2) is 12.3 Å². The van der Waals surface area contributed by atoms with Gasteiger partial charge in [0.2, 0.25) is 0 Å². The predicted molar refractivity (Wildman–Crippen MR) is 50.7 cm³/mol. The van der Waals surface area contributed by atoms with Crippen LogP contribution < -0.4 is 11.2 Å². The maximum Gasteiger partial charge on any atom is 0.163 e. The monoisotopic (exact) mass is 177 g/mol. The predicted octanol–water partition coefficient (Wildman–Crippen LogP) is 0.424. The van der Waals surface area contributed by atoms with Gasteiger partial charge in [0.25, 0.3) is 0 Å². The number of nitrogens with zero attached hydrogens (tertiary/aromatic N) is 3. The molecule has 0 aliphatic heterocycles. The molecule has 0 spiro atoms. The summed E-state index contributed by atoms with van der Waals surface area (Å²) in [6.07, 6.45) is 1.47. The van der Waals surface area contributed by atoms with Gasteiger partial charge in [0.05, 0.1) is 11.3 Å². The minimum Gasteiger partial charge on any atom is -0.396 e. The van der Waals surface area contributed by atoms with E-state index >= 15 is 0 Å². The van der Waals surface area contributed by atoms with Gasteiger partial charge in [0, 0.05) is 20.3 Å². The molecule has 1 aromatic heterocycles. The number of pyridine rings is 1. The third kappa shape index (κ3) is 2.32. The van der Waals surface area contributed by atoms with Gasteiger partial charge in [-0.3, -0.25) is 0 Å². The number of hydrogen-bond acceptors (Lipinski definition) is 5. The van der Waals surface area contributed by atoms with Crippen LogP contribution in [0.25, 0.3) is 0 Å². The molecular weight excluding hydrogens is 166 g/mol. The fraction of sp³-hybridized carbons (Fsp3) is 0.250. The van der Waals surface area contributed by atoms with Gasteiger partial charge in [-0.25, -0.2) is 9.99 Å². The number of nitrogen functional groups attached to an aromatic ring is 1. The van der Waals surface area contributed by atoms with E-state index in [0.717, 1.165) is 0 Å². The Hall–Kier alpha value is -1.80. The number of hydrazine groups is 1. The largest absolute Gasteiger partial charge is 0.396 e. The molecular formula is C8H11N5. The molecule has 0 aliphatic carbocycles. The van der Waals surface area contributed by atoms with Crippen molar-refractivity contribution >= 4 is 11.5 Å². The van der Waals surface area contributed by atoms with Crippen LogP contribution in [-0.4, -0.2) is 24.1 Å². The quantitative estimate of drug-likeness (QED) is 0.640. The summed E-state index contributed by atoms with van der Waals surface area (Å²) in [5, 5.41) is 10.3. The number of nitrogens with one attached hydrogen (secondary N) is 1. The first-order valence-electron chi connectivity index (χ1n) is 3.73. The highest BCUT2D eigenvalue weighted by Crippen LogP contribution is 2.15. The van der Waals surface area contributed by atoms with Crippen molar-refractivity contribution in [3.63, 3.8) is 0 Å². The van der Waals surface area contributed by atoms with E-state index in [4.69, 9.17) is 11.0 Å². The molecule has 0 aromatic carbocycles. The average molecular weight is 177 g/mol. The summed E-state index contributed by atoms with van der Waals surface area (Å²) in [6, 6.07) is 3.55. The molecule has 1 heterocycles. The third-order valence-electron chi connectivity index (χ3n) is 1.38. The molecule has 0 unspecified atom stereocenters. The molecule has 0 radical (unpaired) electrons. The molecule has 1 aromatic rings. The average Bonchev–Trinajstić information content (AvgIpc) is 2.08. The molecule has 0 aliphatic rings. The lowest BCUT2D eigenvalue weighted by molar-refractivity contribution is 0.493. The molecule has 3 N–H and O–H groups in total. The van der Waals surface area contributed by atoms with Gasteiger partial charge < -0.3 is 11.2 Å². The van der Waals surface area contributed by atoms with Crippen LogP contribution in [0.2, 0.25) is 0 Å². The van der Waals surface area contributed by atoms with Gasteiger partial charge in [-0.05, 0) is 6.07 Å². The number of hydrogen-bond donors (Lipinski definition) is 2. The van der Waals surface area contributed by atoms with Crippen molar-refractivity contribution in [1.29, 1.82) is 5.26 Å². The molecule has 5 nitrogen and oxygen atoms in total. The van der Waals surface area contributed by atoms with E-state index in [1.54, 1.807) is 11.1 Å². The lowest BCUT2D eigenvalue weighted by Gasteiger charge is -2.13. The normalized spacial score (nSPS) is 9.69. The number of rotatable bonds is 2. The molecule has 0 amide bonds. The van der Waals surface area contributed by atoms with E-state index in [-0.39, 0.29) is 0 Å². The maximum atomic E-state index is 8.56. The molecule has 0 atom stereocenters. The fourth-order valence-electron chi connectivity index (χ4n) is 0.848. The number of anilines is 2. The van der Waals surface area contributed by atoms with E-state index in [0.29, 0.717) is 17.1 Å². The first kappa shape index (κ1) is 9.29. The van der Waals surface area contributed by atoms with Crippen molar-refractivity contribution in [3.05, 3.63) is 17.8 Å². The summed E-state index contributed by atoms with van der Waals surface area (Å²) in [7, 11) is 3.67. The van der Waals surface area contributed by atoms with E-state index in [9.17, 15) is 0 Å². The second-order valence-electron chi connectivity index (χ2n) is 2.78. The Kier molecular flexibility index (Phi) is 2.67. The highest BCUT2D eigenvalue weighted by Gasteiger charge is 2.01. The SMILES string of the molecule is CN(C)Nc1ncc(C#N)cc1N. The minimum atomic E-state index is 0.460. The second kappa shape index (κ2) is 3.74. The first-order chi connectivity index (χ1) is 6.13. The van der Waals surface area contributed by atoms with Crippen LogP contribution in [0.3, 0.4) is 0 Å². The standard InChI is InChI=1S/C8H11N5/c1-13(2)12-8-7(10)3-6(4-9)5-11-8/h3,5H,10H2,1-2H3,(H,11,12). The molecule has 68 valence electrons. The molecule has 0 fully saturated rings. The van der Waals surface area contributed by atoms with Crippen molar-refractivity contribution in [2.75, 3.05) is 25.3 Å². The number of aromatic nitrogens is 1. The van der Waals surface area contributed by atoms with Crippen LogP contribution in [0.4, 0.5) is 11.5 Å². The Morgan fingerprint density at radius 1 is 1.62 bits per heavy atom. The lowest BCUT2D eigenvalue weighted by Crippen LogP contribution is -2.21. The summed E-state index contributed by atoms with van der Waals surface area (Å²) in [4.78, 5) is 3.99. The topological polar surface area (TPSA) is 78.0 Å². The van der Waals surface area contributed by atoms with E-state index in [1.165, 1.54) is 6.20 Å². The van der Waals surface area contributed by atoms with Gasteiger partial charge in [-0.15, -0.1) is 0 Å². The van der Waals surface area contributed by atoms with Crippen molar-refractivity contribution in [1.82, 2.24) is 9.99 Å². The van der Waals surface area contributed by atoms with Gasteiger partial charge in [0.1, 0.15) is 6.07 Å². The van der Waals surface area contributed by atoms with Crippen molar-refractivity contribution in [3.8, 4) is 6.07 Å². The Morgan fingerprint density at radius 3 is 2.77 bits per heavy atom. The zero-order valence-electron chi connectivity index (χ0n) is 7.57. The zero-order valence-corrected chi connectivity index (χ0v) is 7.57. The highest BCUT2D eigenvalue weighted by molar-refractivity contribution is 5.62. The molecule has 13 heavy (non-hydrogen) atoms. The summed E-state index contributed by atoms with van der Waals surface area (Å²) < 4.78 is 0. The Bertz CT molecular complexity index is 339. The van der Waals surface area contributed by atoms with Gasteiger partial charge in [-0.2, -0.15) is 5.26 Å². The maximum absolute atomic E-state index is 8.56. The Labute approximate surface area is 76.8 Å². The van der Waals surface area contributed by atoms with Crippen molar-refractivity contribution < 1.29 is 0 Å². The van der Waals surface area contributed by atoms with Crippen LogP contribution in [0.1, 0.15) is 5.56 Å². The van der Waals surface area contributed by atoms with E-state index in [2.05, 4.69) is 10.4 Å². The van der Waals surface area contributed by atoms with Gasteiger partial charge in [-0.1, -0.05) is 0 Å². The molecule has 5 heteroatoms. The first-order valence-corrected chi connectivity index (χ1v) is 3.73. The summed E-state index contributed by atoms with van der Waals surface area (Å²) in [6.45, 7) is 0. The number of nitrogens with two attached hydrogens (primary N) is 1. The van der Waals surface area contributed by atoms with Gasteiger partial charge >= 0.3 is 0 Å². The molecule has 0 saturated heterocycles. The molecule has 1 rings (SSSR count). The lowest BCUT2D eigenvalue weighted by atomic mass is 10.3. The smallest absolute Gasteiger partial charge is 0.163 e. The fourth-order valence-corrected chi connectivity index (χ4v) is 0.848. The molecule has 0 saturated carbocycles. The van der Waals surface area contributed by atoms with Gasteiger partial charge in [0.15, 0.2) is 5.82 Å². The van der Waals surface area contributed by atoms with E-state index in [1.807, 2.05) is 20.2 Å². The van der Waals surface area contributed by atoms with Crippen molar-refractivity contribution in [2.45, 2.75) is 0 Å². The van der Waals surface area contributed by atoms with Crippen molar-refractivity contribution in [2.24, 2.45) is 0 Å². The summed E-state index contributed by atoms with van der Waals surface area (Å²) in [5.74, 6) is 0.559. The van der Waals surface area contributed by atoms with Crippen LogP contribution in [0, 0.1) is 11.3 Å². The van der Waals surface area contributed by atoms with Crippen LogP contribution in [0.5, 0.6) is 0 Å².